The van der Waals surface area contributed by atoms with E-state index in [9.17, 15) is 0 Å². The summed E-state index contributed by atoms with van der Waals surface area (Å²) in [5.74, 6) is 0.580. The van der Waals surface area contributed by atoms with Crippen LogP contribution < -0.4 is 11.1 Å². The summed E-state index contributed by atoms with van der Waals surface area (Å²) in [6.45, 7) is 6.87. The summed E-state index contributed by atoms with van der Waals surface area (Å²) in [5, 5.41) is 3.51. The van der Waals surface area contributed by atoms with Crippen molar-refractivity contribution in [1.29, 1.82) is 0 Å². The maximum atomic E-state index is 5.69. The smallest absolute Gasteiger partial charge is 0.123 e. The molecule has 0 spiro atoms. The molecule has 0 saturated carbocycles. The molecule has 1 aromatic heterocycles. The van der Waals surface area contributed by atoms with Crippen LogP contribution in [-0.2, 0) is 11.2 Å². The van der Waals surface area contributed by atoms with Gasteiger partial charge in [-0.15, -0.1) is 0 Å². The molecule has 102 valence electrons. The summed E-state index contributed by atoms with van der Waals surface area (Å²) >= 11 is 0. The number of nitrogens with two attached hydrogens (primary N) is 1. The molecule has 4 nitrogen and oxygen atoms in total. The topological polar surface area (TPSA) is 60.2 Å². The Hall–Kier alpha value is -1.13. The van der Waals surface area contributed by atoms with E-state index in [2.05, 4.69) is 24.1 Å². The fourth-order valence-electron chi connectivity index (χ4n) is 1.81. The van der Waals surface area contributed by atoms with Crippen LogP contribution in [0, 0.1) is 0 Å². The molecule has 1 aromatic rings. The van der Waals surface area contributed by atoms with E-state index in [0.29, 0.717) is 11.9 Å². The Morgan fingerprint density at radius 2 is 2.22 bits per heavy atom. The van der Waals surface area contributed by atoms with Gasteiger partial charge in [0.25, 0.3) is 0 Å². The molecule has 1 unspecified atom stereocenters. The first kappa shape index (κ1) is 14.9. The minimum absolute atomic E-state index is 0.346. The van der Waals surface area contributed by atoms with Gasteiger partial charge in [-0.2, -0.15) is 0 Å². The fraction of sp³-hybridized carbons (Fsp3) is 0.643. The predicted molar refractivity (Wildman–Crippen MR) is 75.5 cm³/mol. The lowest BCUT2D eigenvalue weighted by atomic mass is 10.1. The highest BCUT2D eigenvalue weighted by Crippen LogP contribution is 2.07. The van der Waals surface area contributed by atoms with Crippen LogP contribution in [0.5, 0.6) is 0 Å². The number of aromatic nitrogens is 1. The highest BCUT2D eigenvalue weighted by Gasteiger charge is 2.09. The molecule has 0 radical (unpaired) electrons. The van der Waals surface area contributed by atoms with Crippen molar-refractivity contribution in [3.05, 3.63) is 23.9 Å². The molecule has 0 aliphatic carbocycles. The molecular formula is C14H25N3O. The van der Waals surface area contributed by atoms with E-state index in [1.165, 1.54) is 5.56 Å². The predicted octanol–water partition coefficient (Wildman–Crippen LogP) is 2.00. The van der Waals surface area contributed by atoms with Gasteiger partial charge in [0.05, 0.1) is 6.61 Å². The van der Waals surface area contributed by atoms with Crippen molar-refractivity contribution in [1.82, 2.24) is 10.3 Å². The van der Waals surface area contributed by atoms with Gasteiger partial charge in [0.15, 0.2) is 0 Å². The van der Waals surface area contributed by atoms with E-state index >= 15 is 0 Å². The van der Waals surface area contributed by atoms with Crippen molar-refractivity contribution >= 4 is 5.82 Å². The number of nitrogens with zero attached hydrogens (tertiary/aromatic N) is 1. The average molecular weight is 251 g/mol. The first-order valence-corrected chi connectivity index (χ1v) is 6.77. The second kappa shape index (κ2) is 8.89. The molecule has 0 fully saturated rings. The van der Waals surface area contributed by atoms with Crippen LogP contribution in [0.1, 0.15) is 32.3 Å². The van der Waals surface area contributed by atoms with Crippen LogP contribution in [-0.4, -0.2) is 30.8 Å². The van der Waals surface area contributed by atoms with Crippen molar-refractivity contribution in [3.63, 3.8) is 0 Å². The summed E-state index contributed by atoms with van der Waals surface area (Å²) in [7, 11) is 0. The molecule has 0 aliphatic rings. The second-order valence-corrected chi connectivity index (χ2v) is 4.52. The van der Waals surface area contributed by atoms with Crippen LogP contribution in [0.2, 0.25) is 0 Å². The van der Waals surface area contributed by atoms with E-state index in [0.717, 1.165) is 39.0 Å². The van der Waals surface area contributed by atoms with E-state index in [-0.39, 0.29) is 0 Å². The van der Waals surface area contributed by atoms with Gasteiger partial charge in [0.1, 0.15) is 5.82 Å². The fourth-order valence-corrected chi connectivity index (χ4v) is 1.81. The van der Waals surface area contributed by atoms with Gasteiger partial charge in [-0.05, 0) is 43.5 Å². The van der Waals surface area contributed by atoms with Crippen molar-refractivity contribution < 1.29 is 4.74 Å². The number of anilines is 1. The Morgan fingerprint density at radius 3 is 2.89 bits per heavy atom. The molecule has 0 amide bonds. The second-order valence-electron chi connectivity index (χ2n) is 4.52. The maximum absolute atomic E-state index is 5.69. The van der Waals surface area contributed by atoms with Crippen LogP contribution in [0.15, 0.2) is 18.3 Å². The molecule has 18 heavy (non-hydrogen) atoms. The maximum Gasteiger partial charge on any atom is 0.123 e. The lowest BCUT2D eigenvalue weighted by molar-refractivity contribution is 0.112. The van der Waals surface area contributed by atoms with Gasteiger partial charge in [-0.1, -0.05) is 13.8 Å². The molecule has 1 atom stereocenters. The quantitative estimate of drug-likeness (QED) is 0.659. The molecule has 0 aliphatic heterocycles. The van der Waals surface area contributed by atoms with E-state index in [4.69, 9.17) is 10.5 Å². The minimum atomic E-state index is 0.346. The number of hydrogen-bond donors (Lipinski definition) is 2. The Morgan fingerprint density at radius 1 is 1.39 bits per heavy atom. The SMILES string of the molecule is CCCNC(COCCC)Cc1ccnc(N)c1. The standard InChI is InChI=1S/C14H25N3O/c1-3-6-16-13(11-18-8-4-2)9-12-5-7-17-14(15)10-12/h5,7,10,13,16H,3-4,6,8-9,11H2,1-2H3,(H2,15,17). The molecular weight excluding hydrogens is 226 g/mol. The summed E-state index contributed by atoms with van der Waals surface area (Å²) in [4.78, 5) is 4.01. The summed E-state index contributed by atoms with van der Waals surface area (Å²) in [6.07, 6.45) is 4.87. The Bertz CT molecular complexity index is 331. The first-order valence-electron chi connectivity index (χ1n) is 6.77. The molecule has 3 N–H and O–H groups in total. The van der Waals surface area contributed by atoms with Gasteiger partial charge in [-0.3, -0.25) is 0 Å². The summed E-state index contributed by atoms with van der Waals surface area (Å²) in [6, 6.07) is 4.29. The zero-order chi connectivity index (χ0) is 13.2. The number of pyridine rings is 1. The van der Waals surface area contributed by atoms with Crippen molar-refractivity contribution in [2.45, 2.75) is 39.2 Å². The zero-order valence-corrected chi connectivity index (χ0v) is 11.5. The number of nitrogen functional groups attached to an aromatic ring is 1. The molecule has 0 bridgehead atoms. The van der Waals surface area contributed by atoms with E-state index in [1.54, 1.807) is 6.20 Å². The third kappa shape index (κ3) is 5.98. The summed E-state index contributed by atoms with van der Waals surface area (Å²) in [5.41, 5.74) is 6.90. The van der Waals surface area contributed by atoms with Gasteiger partial charge >= 0.3 is 0 Å². The molecule has 1 rings (SSSR count). The monoisotopic (exact) mass is 251 g/mol. The van der Waals surface area contributed by atoms with Crippen LogP contribution >= 0.6 is 0 Å². The number of nitrogens with one attached hydrogen (secondary N) is 1. The largest absolute Gasteiger partial charge is 0.384 e. The summed E-state index contributed by atoms with van der Waals surface area (Å²) < 4.78 is 5.64. The van der Waals surface area contributed by atoms with Crippen LogP contribution in [0.25, 0.3) is 0 Å². The van der Waals surface area contributed by atoms with Crippen LogP contribution in [0.3, 0.4) is 0 Å². The Balaban J connectivity index is 2.48. The van der Waals surface area contributed by atoms with Crippen molar-refractivity contribution in [2.24, 2.45) is 0 Å². The third-order valence-corrected chi connectivity index (χ3v) is 2.68. The molecule has 0 aromatic carbocycles. The van der Waals surface area contributed by atoms with Gasteiger partial charge < -0.3 is 15.8 Å². The normalized spacial score (nSPS) is 12.6. The number of rotatable bonds is 9. The highest BCUT2D eigenvalue weighted by atomic mass is 16.5. The van der Waals surface area contributed by atoms with Crippen molar-refractivity contribution in [3.8, 4) is 0 Å². The molecule has 4 heteroatoms. The molecule has 0 saturated heterocycles. The third-order valence-electron chi connectivity index (χ3n) is 2.68. The van der Waals surface area contributed by atoms with Gasteiger partial charge in [0.2, 0.25) is 0 Å². The Labute approximate surface area is 110 Å². The lowest BCUT2D eigenvalue weighted by Gasteiger charge is -2.18. The minimum Gasteiger partial charge on any atom is -0.384 e. The Kier molecular flexibility index (Phi) is 7.37. The van der Waals surface area contributed by atoms with Crippen molar-refractivity contribution in [2.75, 3.05) is 25.5 Å². The van der Waals surface area contributed by atoms with E-state index < -0.39 is 0 Å². The molecule has 1 heterocycles. The number of hydrogen-bond acceptors (Lipinski definition) is 4. The lowest BCUT2D eigenvalue weighted by Crippen LogP contribution is -2.36. The average Bonchev–Trinajstić information content (AvgIpc) is 2.36. The first-order chi connectivity index (χ1) is 8.76. The van der Waals surface area contributed by atoms with E-state index in [1.807, 2.05) is 12.1 Å². The van der Waals surface area contributed by atoms with Gasteiger partial charge in [0, 0.05) is 18.8 Å². The zero-order valence-electron chi connectivity index (χ0n) is 11.5. The van der Waals surface area contributed by atoms with Crippen LogP contribution in [0.4, 0.5) is 5.82 Å². The highest BCUT2D eigenvalue weighted by molar-refractivity contribution is 5.32. The number of ether oxygens (including phenoxy) is 1. The van der Waals surface area contributed by atoms with Gasteiger partial charge in [-0.25, -0.2) is 4.98 Å².